The van der Waals surface area contributed by atoms with Crippen molar-refractivity contribution in [1.82, 2.24) is 9.80 Å². The molecule has 0 aliphatic carbocycles. The zero-order chi connectivity index (χ0) is 13.1. The molecule has 1 heterocycles. The van der Waals surface area contributed by atoms with Crippen LogP contribution in [-0.4, -0.2) is 54.1 Å². The summed E-state index contributed by atoms with van der Waals surface area (Å²) in [5, 5.41) is 9.36. The van der Waals surface area contributed by atoms with Gasteiger partial charge in [0, 0.05) is 26.2 Å². The number of aliphatic carboxylic acids is 1. The van der Waals surface area contributed by atoms with Gasteiger partial charge in [-0.05, 0) is 24.7 Å². The maximum atomic E-state index is 13.2. The largest absolute Gasteiger partial charge is 0.480 e. The van der Waals surface area contributed by atoms with Crippen LogP contribution < -0.4 is 0 Å². The lowest BCUT2D eigenvalue weighted by Gasteiger charge is -2.36. The number of halogens is 1. The number of hydrogen-bond acceptors (Lipinski definition) is 3. The van der Waals surface area contributed by atoms with Gasteiger partial charge in [0.1, 0.15) is 11.9 Å². The van der Waals surface area contributed by atoms with Crippen molar-refractivity contribution in [2.45, 2.75) is 6.04 Å². The SMILES string of the molecule is CN1CCN(C(C(=O)O)c2cccc(F)c2)CC1. The van der Waals surface area contributed by atoms with Gasteiger partial charge in [-0.2, -0.15) is 0 Å². The average Bonchev–Trinajstić information content (AvgIpc) is 2.32. The third-order valence-electron chi connectivity index (χ3n) is 3.30. The molecule has 1 atom stereocenters. The van der Waals surface area contributed by atoms with Crippen LogP contribution in [0.15, 0.2) is 24.3 Å². The lowest BCUT2D eigenvalue weighted by Crippen LogP contribution is -2.47. The molecule has 1 N–H and O–H groups in total. The van der Waals surface area contributed by atoms with Crippen molar-refractivity contribution in [3.63, 3.8) is 0 Å². The molecule has 1 fully saturated rings. The van der Waals surface area contributed by atoms with Gasteiger partial charge in [0.05, 0.1) is 0 Å². The van der Waals surface area contributed by atoms with E-state index in [1.165, 1.54) is 12.1 Å². The van der Waals surface area contributed by atoms with Gasteiger partial charge in [-0.15, -0.1) is 0 Å². The third-order valence-corrected chi connectivity index (χ3v) is 3.30. The summed E-state index contributed by atoms with van der Waals surface area (Å²) in [5.41, 5.74) is 0.507. The van der Waals surface area contributed by atoms with Gasteiger partial charge in [0.2, 0.25) is 0 Å². The number of carboxylic acids is 1. The van der Waals surface area contributed by atoms with E-state index in [9.17, 15) is 14.3 Å². The molecule has 1 saturated heterocycles. The molecule has 2 rings (SSSR count). The van der Waals surface area contributed by atoms with Crippen molar-refractivity contribution in [2.75, 3.05) is 33.2 Å². The van der Waals surface area contributed by atoms with Crippen LogP contribution in [0.3, 0.4) is 0 Å². The molecule has 1 unspecified atom stereocenters. The van der Waals surface area contributed by atoms with Crippen LogP contribution in [0, 0.1) is 5.82 Å². The number of hydrogen-bond donors (Lipinski definition) is 1. The normalized spacial score (nSPS) is 19.7. The van der Waals surface area contributed by atoms with Crippen LogP contribution in [-0.2, 0) is 4.79 Å². The quantitative estimate of drug-likeness (QED) is 0.878. The molecule has 0 amide bonds. The molecular weight excluding hydrogens is 235 g/mol. The topological polar surface area (TPSA) is 43.8 Å². The summed E-state index contributed by atoms with van der Waals surface area (Å²) in [6.07, 6.45) is 0. The fraction of sp³-hybridized carbons (Fsp3) is 0.462. The summed E-state index contributed by atoms with van der Waals surface area (Å²) >= 11 is 0. The number of likely N-dealkylation sites (N-methyl/N-ethyl adjacent to an activating group) is 1. The molecule has 0 radical (unpaired) electrons. The van der Waals surface area contributed by atoms with Crippen molar-refractivity contribution >= 4 is 5.97 Å². The van der Waals surface area contributed by atoms with Crippen LogP contribution in [0.25, 0.3) is 0 Å². The van der Waals surface area contributed by atoms with E-state index in [4.69, 9.17) is 0 Å². The second-order valence-corrected chi connectivity index (χ2v) is 4.64. The third kappa shape index (κ3) is 2.86. The van der Waals surface area contributed by atoms with E-state index in [0.717, 1.165) is 13.1 Å². The Kier molecular flexibility index (Phi) is 3.93. The molecular formula is C13H17FN2O2. The number of carbonyl (C=O) groups is 1. The van der Waals surface area contributed by atoms with Gasteiger partial charge in [0.15, 0.2) is 0 Å². The van der Waals surface area contributed by atoms with Gasteiger partial charge < -0.3 is 10.0 Å². The smallest absolute Gasteiger partial charge is 0.325 e. The second kappa shape index (κ2) is 5.46. The number of piperazine rings is 1. The highest BCUT2D eigenvalue weighted by Crippen LogP contribution is 2.23. The fourth-order valence-corrected chi connectivity index (χ4v) is 2.27. The van der Waals surface area contributed by atoms with Gasteiger partial charge in [-0.1, -0.05) is 12.1 Å². The van der Waals surface area contributed by atoms with Crippen molar-refractivity contribution in [3.8, 4) is 0 Å². The Bertz CT molecular complexity index is 431. The first kappa shape index (κ1) is 13.0. The molecule has 18 heavy (non-hydrogen) atoms. The maximum absolute atomic E-state index is 13.2. The van der Waals surface area contributed by atoms with Crippen molar-refractivity contribution in [1.29, 1.82) is 0 Å². The van der Waals surface area contributed by atoms with E-state index < -0.39 is 17.8 Å². The molecule has 4 nitrogen and oxygen atoms in total. The Balaban J connectivity index is 2.21. The van der Waals surface area contributed by atoms with Crippen LogP contribution in [0.4, 0.5) is 4.39 Å². The number of benzene rings is 1. The molecule has 1 aromatic carbocycles. The first-order chi connectivity index (χ1) is 8.58. The van der Waals surface area contributed by atoms with Crippen LogP contribution >= 0.6 is 0 Å². The first-order valence-electron chi connectivity index (χ1n) is 5.99. The second-order valence-electron chi connectivity index (χ2n) is 4.64. The molecule has 0 saturated carbocycles. The Morgan fingerprint density at radius 3 is 2.56 bits per heavy atom. The van der Waals surface area contributed by atoms with Gasteiger partial charge >= 0.3 is 5.97 Å². The fourth-order valence-electron chi connectivity index (χ4n) is 2.27. The number of nitrogens with zero attached hydrogens (tertiary/aromatic N) is 2. The zero-order valence-electron chi connectivity index (χ0n) is 10.3. The molecule has 1 aromatic rings. The Morgan fingerprint density at radius 1 is 1.33 bits per heavy atom. The van der Waals surface area contributed by atoms with Gasteiger partial charge in [-0.25, -0.2) is 4.39 Å². The summed E-state index contributed by atoms with van der Waals surface area (Å²) in [6, 6.07) is 5.09. The standard InChI is InChI=1S/C13H17FN2O2/c1-15-5-7-16(8-6-15)12(13(17)18)10-3-2-4-11(14)9-10/h2-4,9,12H,5-8H2,1H3,(H,17,18). The van der Waals surface area contributed by atoms with Crippen LogP contribution in [0.2, 0.25) is 0 Å². The lowest BCUT2D eigenvalue weighted by molar-refractivity contribution is -0.144. The molecule has 1 aliphatic rings. The van der Waals surface area contributed by atoms with Crippen LogP contribution in [0.5, 0.6) is 0 Å². The van der Waals surface area contributed by atoms with Crippen LogP contribution in [0.1, 0.15) is 11.6 Å². The summed E-state index contributed by atoms with van der Waals surface area (Å²) in [4.78, 5) is 15.5. The van der Waals surface area contributed by atoms with E-state index >= 15 is 0 Å². The first-order valence-corrected chi connectivity index (χ1v) is 5.99. The highest BCUT2D eigenvalue weighted by atomic mass is 19.1. The molecule has 98 valence electrons. The minimum Gasteiger partial charge on any atom is -0.480 e. The van der Waals surface area contributed by atoms with Crippen molar-refractivity contribution in [2.24, 2.45) is 0 Å². The Morgan fingerprint density at radius 2 is 2.00 bits per heavy atom. The average molecular weight is 252 g/mol. The number of rotatable bonds is 3. The summed E-state index contributed by atoms with van der Waals surface area (Å²) in [5.74, 6) is -1.32. The molecule has 1 aliphatic heterocycles. The van der Waals surface area contributed by atoms with Gasteiger partial charge in [0.25, 0.3) is 0 Å². The lowest BCUT2D eigenvalue weighted by atomic mass is 10.0. The summed E-state index contributed by atoms with van der Waals surface area (Å²) < 4.78 is 13.2. The Labute approximate surface area is 106 Å². The van der Waals surface area contributed by atoms with E-state index in [2.05, 4.69) is 4.90 Å². The van der Waals surface area contributed by atoms with E-state index in [1.807, 2.05) is 11.9 Å². The molecule has 5 heteroatoms. The van der Waals surface area contributed by atoms with Gasteiger partial charge in [-0.3, -0.25) is 9.69 Å². The van der Waals surface area contributed by atoms with Crippen molar-refractivity contribution < 1.29 is 14.3 Å². The zero-order valence-corrected chi connectivity index (χ0v) is 10.3. The molecule has 0 bridgehead atoms. The minimum absolute atomic E-state index is 0.395. The van der Waals surface area contributed by atoms with E-state index in [1.54, 1.807) is 12.1 Å². The molecule has 0 spiro atoms. The molecule has 0 aromatic heterocycles. The van der Waals surface area contributed by atoms with E-state index in [0.29, 0.717) is 18.7 Å². The monoisotopic (exact) mass is 252 g/mol. The summed E-state index contributed by atoms with van der Waals surface area (Å²) in [6.45, 7) is 3.03. The Hall–Kier alpha value is -1.46. The minimum atomic E-state index is -0.926. The predicted molar refractivity (Wildman–Crippen MR) is 65.8 cm³/mol. The van der Waals surface area contributed by atoms with Crippen molar-refractivity contribution in [3.05, 3.63) is 35.6 Å². The summed E-state index contributed by atoms with van der Waals surface area (Å²) in [7, 11) is 2.01. The predicted octanol–water partition coefficient (Wildman–Crippen LogP) is 1.20. The van der Waals surface area contributed by atoms with E-state index in [-0.39, 0.29) is 0 Å². The maximum Gasteiger partial charge on any atom is 0.325 e. The highest BCUT2D eigenvalue weighted by Gasteiger charge is 2.29. The highest BCUT2D eigenvalue weighted by molar-refractivity contribution is 5.75. The number of carboxylic acid groups (broad SMARTS) is 1.